The molecule has 0 N–H and O–H groups in total. The topological polar surface area (TPSA) is 37.4 Å². The molecule has 0 bridgehead atoms. The first-order chi connectivity index (χ1) is 5.17. The molecule has 0 aliphatic carbocycles. The third-order valence-corrected chi connectivity index (χ3v) is 4.04. The normalized spacial score (nSPS) is 24.1. The Bertz CT molecular complexity index is 213. The molecule has 0 atom stereocenters. The maximum absolute atomic E-state index is 11.2. The van der Waals surface area contributed by atoms with Crippen LogP contribution in [0, 0.1) is 0 Å². The van der Waals surface area contributed by atoms with Crippen LogP contribution >= 0.6 is 12.6 Å². The van der Waals surface area contributed by atoms with Gasteiger partial charge < -0.3 is 0 Å². The van der Waals surface area contributed by atoms with Crippen LogP contribution in [-0.2, 0) is 10.0 Å². The molecule has 1 fully saturated rings. The standard InChI is InChI=1S/C6H13NO2S2/c8-11(9)6-2-4-7(11)3-1-5-10/h10H,1-6H2. The van der Waals surface area contributed by atoms with E-state index in [1.807, 2.05) is 0 Å². The maximum Gasteiger partial charge on any atom is 0.214 e. The van der Waals surface area contributed by atoms with Gasteiger partial charge in [0.25, 0.3) is 0 Å². The Hall–Kier alpha value is 0.260. The van der Waals surface area contributed by atoms with Crippen molar-refractivity contribution >= 4 is 22.7 Å². The van der Waals surface area contributed by atoms with E-state index in [9.17, 15) is 8.42 Å². The zero-order valence-corrected chi connectivity index (χ0v) is 8.07. The zero-order chi connectivity index (χ0) is 8.32. The molecule has 1 aliphatic heterocycles. The van der Waals surface area contributed by atoms with Crippen LogP contribution in [0.15, 0.2) is 0 Å². The van der Waals surface area contributed by atoms with E-state index >= 15 is 0 Å². The van der Waals surface area contributed by atoms with Crippen LogP contribution in [0.5, 0.6) is 0 Å². The lowest BCUT2D eigenvalue weighted by atomic mass is 10.4. The van der Waals surface area contributed by atoms with Crippen molar-refractivity contribution in [2.75, 3.05) is 24.6 Å². The highest BCUT2D eigenvalue weighted by Crippen LogP contribution is 2.13. The fourth-order valence-electron chi connectivity index (χ4n) is 1.19. The minimum atomic E-state index is -2.86. The van der Waals surface area contributed by atoms with Crippen molar-refractivity contribution in [1.82, 2.24) is 4.31 Å². The van der Waals surface area contributed by atoms with Crippen LogP contribution in [0.1, 0.15) is 12.8 Å². The zero-order valence-electron chi connectivity index (χ0n) is 6.36. The van der Waals surface area contributed by atoms with Crippen molar-refractivity contribution in [1.29, 1.82) is 0 Å². The first-order valence-corrected chi connectivity index (χ1v) is 5.99. The molecule has 0 saturated carbocycles. The van der Waals surface area contributed by atoms with Gasteiger partial charge in [0.2, 0.25) is 10.0 Å². The van der Waals surface area contributed by atoms with Crippen LogP contribution in [0.4, 0.5) is 0 Å². The molecule has 0 unspecified atom stereocenters. The number of thiol groups is 1. The van der Waals surface area contributed by atoms with Gasteiger partial charge in [-0.05, 0) is 18.6 Å². The lowest BCUT2D eigenvalue weighted by Crippen LogP contribution is -2.26. The molecule has 0 amide bonds. The van der Waals surface area contributed by atoms with Gasteiger partial charge in [0, 0.05) is 13.1 Å². The summed E-state index contributed by atoms with van der Waals surface area (Å²) in [6, 6.07) is 0. The first-order valence-electron chi connectivity index (χ1n) is 3.75. The van der Waals surface area contributed by atoms with Crippen LogP contribution in [0.3, 0.4) is 0 Å². The van der Waals surface area contributed by atoms with Crippen LogP contribution < -0.4 is 0 Å². The Balaban J connectivity index is 2.45. The predicted octanol–water partition coefficient (Wildman–Crippen LogP) is 0.342. The molecule has 0 aromatic heterocycles. The van der Waals surface area contributed by atoms with Crippen molar-refractivity contribution in [3.63, 3.8) is 0 Å². The molecule has 0 aromatic rings. The average Bonchev–Trinajstić information content (AvgIpc) is 2.25. The van der Waals surface area contributed by atoms with Crippen molar-refractivity contribution < 1.29 is 8.42 Å². The highest BCUT2D eigenvalue weighted by atomic mass is 32.2. The van der Waals surface area contributed by atoms with Gasteiger partial charge in [-0.15, -0.1) is 0 Å². The number of sulfonamides is 1. The second-order valence-electron chi connectivity index (χ2n) is 2.65. The summed E-state index contributed by atoms with van der Waals surface area (Å²) in [5.41, 5.74) is 0. The van der Waals surface area contributed by atoms with Gasteiger partial charge in [-0.1, -0.05) is 0 Å². The summed E-state index contributed by atoms with van der Waals surface area (Å²) in [5.74, 6) is 1.09. The van der Waals surface area contributed by atoms with Gasteiger partial charge in [-0.2, -0.15) is 12.6 Å². The Morgan fingerprint density at radius 1 is 1.45 bits per heavy atom. The molecule has 1 saturated heterocycles. The van der Waals surface area contributed by atoms with E-state index in [0.717, 1.165) is 18.6 Å². The lowest BCUT2D eigenvalue weighted by molar-refractivity contribution is 0.444. The molecule has 0 spiro atoms. The molecule has 1 aliphatic rings. The van der Waals surface area contributed by atoms with E-state index in [1.165, 1.54) is 0 Å². The van der Waals surface area contributed by atoms with E-state index in [4.69, 9.17) is 0 Å². The van der Waals surface area contributed by atoms with Gasteiger partial charge >= 0.3 is 0 Å². The smallest absolute Gasteiger partial charge is 0.212 e. The molecule has 5 heteroatoms. The Labute approximate surface area is 73.2 Å². The third kappa shape index (κ3) is 2.35. The second kappa shape index (κ2) is 3.78. The Morgan fingerprint density at radius 3 is 2.64 bits per heavy atom. The summed E-state index contributed by atoms with van der Waals surface area (Å²) in [7, 11) is -2.86. The fraction of sp³-hybridized carbons (Fsp3) is 1.00. The summed E-state index contributed by atoms with van der Waals surface area (Å²) in [5, 5.41) is 0. The van der Waals surface area contributed by atoms with Crippen LogP contribution in [0.25, 0.3) is 0 Å². The van der Waals surface area contributed by atoms with Gasteiger partial charge in [0.05, 0.1) is 5.75 Å². The number of hydrogen-bond acceptors (Lipinski definition) is 3. The average molecular weight is 195 g/mol. The quantitative estimate of drug-likeness (QED) is 0.659. The highest BCUT2D eigenvalue weighted by Gasteiger charge is 2.26. The van der Waals surface area contributed by atoms with E-state index in [2.05, 4.69) is 12.6 Å². The fourth-order valence-corrected chi connectivity index (χ4v) is 2.90. The Morgan fingerprint density at radius 2 is 2.18 bits per heavy atom. The first kappa shape index (κ1) is 9.35. The Kier molecular flexibility index (Phi) is 3.21. The third-order valence-electron chi connectivity index (χ3n) is 1.77. The van der Waals surface area contributed by atoms with Crippen LogP contribution in [0.2, 0.25) is 0 Å². The number of rotatable bonds is 3. The predicted molar refractivity (Wildman–Crippen MR) is 48.4 cm³/mol. The molecule has 0 aromatic carbocycles. The van der Waals surface area contributed by atoms with E-state index in [0.29, 0.717) is 18.8 Å². The summed E-state index contributed by atoms with van der Waals surface area (Å²) in [4.78, 5) is 0. The summed E-state index contributed by atoms with van der Waals surface area (Å²) >= 11 is 4.03. The molecule has 0 radical (unpaired) electrons. The molecule has 1 rings (SSSR count). The minimum Gasteiger partial charge on any atom is -0.212 e. The van der Waals surface area contributed by atoms with E-state index in [-0.39, 0.29) is 0 Å². The largest absolute Gasteiger partial charge is 0.214 e. The van der Waals surface area contributed by atoms with Gasteiger partial charge in [0.1, 0.15) is 0 Å². The molecular weight excluding hydrogens is 182 g/mol. The molecular formula is C6H13NO2S2. The van der Waals surface area contributed by atoms with Gasteiger partial charge in [0.15, 0.2) is 0 Å². The van der Waals surface area contributed by atoms with Crippen molar-refractivity contribution in [3.05, 3.63) is 0 Å². The molecule has 66 valence electrons. The molecule has 1 heterocycles. The summed E-state index contributed by atoms with van der Waals surface area (Å²) in [6.07, 6.45) is 1.64. The van der Waals surface area contributed by atoms with Crippen molar-refractivity contribution in [3.8, 4) is 0 Å². The van der Waals surface area contributed by atoms with Crippen molar-refractivity contribution in [2.45, 2.75) is 12.8 Å². The van der Waals surface area contributed by atoms with E-state index < -0.39 is 10.0 Å². The van der Waals surface area contributed by atoms with Gasteiger partial charge in [-0.25, -0.2) is 12.7 Å². The van der Waals surface area contributed by atoms with E-state index in [1.54, 1.807) is 4.31 Å². The molecule has 3 nitrogen and oxygen atoms in total. The van der Waals surface area contributed by atoms with Gasteiger partial charge in [-0.3, -0.25) is 0 Å². The minimum absolute atomic E-state index is 0.333. The number of hydrogen-bond donors (Lipinski definition) is 1. The van der Waals surface area contributed by atoms with Crippen LogP contribution in [-0.4, -0.2) is 37.3 Å². The van der Waals surface area contributed by atoms with Crippen molar-refractivity contribution in [2.24, 2.45) is 0 Å². The number of nitrogens with zero attached hydrogens (tertiary/aromatic N) is 1. The summed E-state index contributed by atoms with van der Waals surface area (Å²) < 4.78 is 23.9. The SMILES string of the molecule is O=S1(=O)CCCN1CCCS. The molecule has 11 heavy (non-hydrogen) atoms. The second-order valence-corrected chi connectivity index (χ2v) is 5.18. The highest BCUT2D eigenvalue weighted by molar-refractivity contribution is 7.89. The maximum atomic E-state index is 11.2. The lowest BCUT2D eigenvalue weighted by Gasteiger charge is -2.12. The summed E-state index contributed by atoms with van der Waals surface area (Å²) in [6.45, 7) is 1.35. The monoisotopic (exact) mass is 195 g/mol.